The van der Waals surface area contributed by atoms with Crippen LogP contribution < -0.4 is 5.73 Å². The Labute approximate surface area is 120 Å². The molecule has 0 bridgehead atoms. The van der Waals surface area contributed by atoms with Crippen LogP contribution in [0.4, 0.5) is 0 Å². The molecule has 2 unspecified atom stereocenters. The van der Waals surface area contributed by atoms with E-state index in [9.17, 15) is 0 Å². The fraction of sp³-hybridized carbons (Fsp3) is 0.733. The van der Waals surface area contributed by atoms with E-state index in [4.69, 9.17) is 10.5 Å². The summed E-state index contributed by atoms with van der Waals surface area (Å²) in [6, 6.07) is 4.34. The lowest BCUT2D eigenvalue weighted by atomic mass is 9.79. The van der Waals surface area contributed by atoms with Crippen LogP contribution in [0.25, 0.3) is 0 Å². The molecule has 0 spiro atoms. The van der Waals surface area contributed by atoms with Crippen molar-refractivity contribution < 1.29 is 4.74 Å². The van der Waals surface area contributed by atoms with Gasteiger partial charge in [0.1, 0.15) is 0 Å². The SMILES string of the molecule is COC1CCCC(CN)(N(C)CCc2cccs2)C1. The first-order valence-corrected chi connectivity index (χ1v) is 8.04. The lowest BCUT2D eigenvalue weighted by Crippen LogP contribution is -2.56. The minimum atomic E-state index is 0.135. The van der Waals surface area contributed by atoms with Gasteiger partial charge in [0.15, 0.2) is 0 Å². The van der Waals surface area contributed by atoms with Gasteiger partial charge in [0, 0.05) is 30.6 Å². The van der Waals surface area contributed by atoms with Crippen molar-refractivity contribution in [3.05, 3.63) is 22.4 Å². The van der Waals surface area contributed by atoms with Gasteiger partial charge >= 0.3 is 0 Å². The van der Waals surface area contributed by atoms with Crippen LogP contribution in [0.5, 0.6) is 0 Å². The maximum Gasteiger partial charge on any atom is 0.0589 e. The van der Waals surface area contributed by atoms with Crippen LogP contribution >= 0.6 is 11.3 Å². The van der Waals surface area contributed by atoms with E-state index in [-0.39, 0.29) is 5.54 Å². The molecule has 0 aliphatic heterocycles. The molecule has 4 heteroatoms. The van der Waals surface area contributed by atoms with Gasteiger partial charge in [-0.2, -0.15) is 0 Å². The van der Waals surface area contributed by atoms with Gasteiger partial charge in [-0.05, 0) is 50.6 Å². The summed E-state index contributed by atoms with van der Waals surface area (Å²) in [4.78, 5) is 3.93. The highest BCUT2D eigenvalue weighted by atomic mass is 32.1. The Hall–Kier alpha value is -0.420. The normalized spacial score (nSPS) is 27.9. The summed E-state index contributed by atoms with van der Waals surface area (Å²) in [6.07, 6.45) is 6.16. The maximum atomic E-state index is 6.11. The zero-order valence-corrected chi connectivity index (χ0v) is 12.9. The molecule has 2 rings (SSSR count). The maximum absolute atomic E-state index is 6.11. The molecule has 1 aliphatic rings. The van der Waals surface area contributed by atoms with Gasteiger partial charge in [-0.15, -0.1) is 11.3 Å². The van der Waals surface area contributed by atoms with Crippen LogP contribution in [-0.4, -0.2) is 43.8 Å². The first-order chi connectivity index (χ1) is 9.20. The van der Waals surface area contributed by atoms with Crippen LogP contribution in [0, 0.1) is 0 Å². The number of ether oxygens (including phenoxy) is 1. The Balaban J connectivity index is 1.95. The van der Waals surface area contributed by atoms with Gasteiger partial charge in [-0.25, -0.2) is 0 Å². The molecule has 1 aromatic heterocycles. The minimum absolute atomic E-state index is 0.135. The van der Waals surface area contributed by atoms with Gasteiger partial charge in [0.05, 0.1) is 6.10 Å². The summed E-state index contributed by atoms with van der Waals surface area (Å²) in [5.74, 6) is 0. The molecule has 19 heavy (non-hydrogen) atoms. The van der Waals surface area contributed by atoms with Crippen molar-refractivity contribution in [2.24, 2.45) is 5.73 Å². The average Bonchev–Trinajstić information content (AvgIpc) is 2.97. The Kier molecular flexibility index (Phi) is 5.39. The van der Waals surface area contributed by atoms with E-state index in [1.807, 2.05) is 18.4 Å². The third kappa shape index (κ3) is 3.57. The van der Waals surface area contributed by atoms with Crippen molar-refractivity contribution in [1.29, 1.82) is 0 Å². The Bertz CT molecular complexity index is 368. The van der Waals surface area contributed by atoms with Crippen molar-refractivity contribution in [3.63, 3.8) is 0 Å². The zero-order valence-electron chi connectivity index (χ0n) is 12.1. The Morgan fingerprint density at radius 1 is 1.58 bits per heavy atom. The molecular weight excluding hydrogens is 256 g/mol. The van der Waals surface area contributed by atoms with E-state index in [0.29, 0.717) is 6.10 Å². The number of thiophene rings is 1. The van der Waals surface area contributed by atoms with E-state index in [2.05, 4.69) is 29.5 Å². The molecule has 0 radical (unpaired) electrons. The molecule has 2 atom stereocenters. The van der Waals surface area contributed by atoms with Crippen LogP contribution in [-0.2, 0) is 11.2 Å². The monoisotopic (exact) mass is 282 g/mol. The molecule has 0 amide bonds. The van der Waals surface area contributed by atoms with E-state index in [0.717, 1.165) is 25.9 Å². The third-order valence-electron chi connectivity index (χ3n) is 4.57. The van der Waals surface area contributed by atoms with Crippen molar-refractivity contribution in [2.45, 2.75) is 43.7 Å². The summed E-state index contributed by atoms with van der Waals surface area (Å²) in [5.41, 5.74) is 6.25. The minimum Gasteiger partial charge on any atom is -0.381 e. The summed E-state index contributed by atoms with van der Waals surface area (Å²) in [7, 11) is 4.04. The summed E-state index contributed by atoms with van der Waals surface area (Å²) < 4.78 is 5.57. The van der Waals surface area contributed by atoms with Gasteiger partial charge in [-0.3, -0.25) is 4.90 Å². The quantitative estimate of drug-likeness (QED) is 0.871. The second kappa shape index (κ2) is 6.84. The predicted molar refractivity (Wildman–Crippen MR) is 81.7 cm³/mol. The molecular formula is C15H26N2OS. The molecule has 1 heterocycles. The molecule has 1 aromatic rings. The van der Waals surface area contributed by atoms with Crippen molar-refractivity contribution >= 4 is 11.3 Å². The van der Waals surface area contributed by atoms with Gasteiger partial charge in [-0.1, -0.05) is 6.07 Å². The molecule has 2 N–H and O–H groups in total. The largest absolute Gasteiger partial charge is 0.381 e. The second-order valence-corrected chi connectivity index (χ2v) is 6.67. The van der Waals surface area contributed by atoms with Crippen molar-refractivity contribution in [1.82, 2.24) is 4.90 Å². The Morgan fingerprint density at radius 3 is 3.05 bits per heavy atom. The van der Waals surface area contributed by atoms with Gasteiger partial charge in [0.2, 0.25) is 0 Å². The van der Waals surface area contributed by atoms with Crippen LogP contribution in [0.3, 0.4) is 0 Å². The summed E-state index contributed by atoms with van der Waals surface area (Å²) in [5, 5.41) is 2.15. The summed E-state index contributed by atoms with van der Waals surface area (Å²) >= 11 is 1.84. The smallest absolute Gasteiger partial charge is 0.0589 e. The topological polar surface area (TPSA) is 38.5 Å². The molecule has 0 saturated heterocycles. The summed E-state index contributed by atoms with van der Waals surface area (Å²) in [6.45, 7) is 1.81. The lowest BCUT2D eigenvalue weighted by Gasteiger charge is -2.46. The number of nitrogens with two attached hydrogens (primary N) is 1. The third-order valence-corrected chi connectivity index (χ3v) is 5.51. The van der Waals surface area contributed by atoms with E-state index in [1.54, 1.807) is 0 Å². The number of likely N-dealkylation sites (N-methyl/N-ethyl adjacent to an activating group) is 1. The standard InChI is InChI=1S/C15H26N2OS/c1-17(9-7-14-6-4-10-19-14)15(12-16)8-3-5-13(11-15)18-2/h4,6,10,13H,3,5,7-9,11-12,16H2,1-2H3. The number of rotatable bonds is 6. The number of hydrogen-bond acceptors (Lipinski definition) is 4. The van der Waals surface area contributed by atoms with E-state index in [1.165, 1.54) is 24.1 Å². The number of nitrogens with zero attached hydrogens (tertiary/aromatic N) is 1. The molecule has 1 aliphatic carbocycles. The highest BCUT2D eigenvalue weighted by molar-refractivity contribution is 7.09. The lowest BCUT2D eigenvalue weighted by molar-refractivity contribution is -0.0114. The van der Waals surface area contributed by atoms with Crippen molar-refractivity contribution in [2.75, 3.05) is 27.2 Å². The zero-order chi connectivity index (χ0) is 13.7. The number of methoxy groups -OCH3 is 1. The molecule has 1 saturated carbocycles. The van der Waals surface area contributed by atoms with E-state index >= 15 is 0 Å². The molecule has 108 valence electrons. The van der Waals surface area contributed by atoms with Crippen molar-refractivity contribution in [3.8, 4) is 0 Å². The Morgan fingerprint density at radius 2 is 2.42 bits per heavy atom. The fourth-order valence-electron chi connectivity index (χ4n) is 3.15. The van der Waals surface area contributed by atoms with Crippen LogP contribution in [0.15, 0.2) is 17.5 Å². The average molecular weight is 282 g/mol. The predicted octanol–water partition coefficient (Wildman–Crippen LogP) is 2.51. The highest BCUT2D eigenvalue weighted by Crippen LogP contribution is 2.33. The first-order valence-electron chi connectivity index (χ1n) is 7.17. The second-order valence-electron chi connectivity index (χ2n) is 5.63. The molecule has 1 fully saturated rings. The van der Waals surface area contributed by atoms with Crippen LogP contribution in [0.1, 0.15) is 30.6 Å². The van der Waals surface area contributed by atoms with Crippen LogP contribution in [0.2, 0.25) is 0 Å². The van der Waals surface area contributed by atoms with E-state index < -0.39 is 0 Å². The highest BCUT2D eigenvalue weighted by Gasteiger charge is 2.38. The first kappa shape index (κ1) is 15.0. The number of hydrogen-bond donors (Lipinski definition) is 1. The molecule has 3 nitrogen and oxygen atoms in total. The fourth-order valence-corrected chi connectivity index (χ4v) is 3.84. The van der Waals surface area contributed by atoms with Gasteiger partial charge < -0.3 is 10.5 Å². The molecule has 0 aromatic carbocycles. The van der Waals surface area contributed by atoms with Gasteiger partial charge in [0.25, 0.3) is 0 Å².